The third-order valence-electron chi connectivity index (χ3n) is 5.11. The maximum atomic E-state index is 12.2. The van der Waals surface area contributed by atoms with E-state index in [2.05, 4.69) is 46.4 Å². The Labute approximate surface area is 174 Å². The summed E-state index contributed by atoms with van der Waals surface area (Å²) in [7, 11) is 1.57. The molecule has 0 saturated carbocycles. The number of methoxy groups -OCH3 is 1. The number of fused-ring (bicyclic) bond motifs is 3. The van der Waals surface area contributed by atoms with Crippen molar-refractivity contribution in [1.82, 2.24) is 19.6 Å². The second-order valence-corrected chi connectivity index (χ2v) is 7.39. The number of carbonyl (C=O) groups excluding carboxylic acids is 1. The first-order valence-corrected chi connectivity index (χ1v) is 9.63. The molecule has 4 rings (SSSR count). The van der Waals surface area contributed by atoms with Gasteiger partial charge in [-0.25, -0.2) is 0 Å². The number of Topliss-reactive ketones (excluding diaryl/α,β-unsaturated/α-hetero) is 1. The fraction of sp³-hybridized carbons (Fsp3) is 0.217. The lowest BCUT2D eigenvalue weighted by Gasteiger charge is -2.14. The molecule has 0 spiro atoms. The zero-order chi connectivity index (χ0) is 21.4. The Balaban J connectivity index is 1.93. The number of aryl methyl sites for hydroxylation is 1. The molecule has 7 nitrogen and oxygen atoms in total. The van der Waals surface area contributed by atoms with Crippen LogP contribution in [-0.4, -0.2) is 32.5 Å². The van der Waals surface area contributed by atoms with Crippen molar-refractivity contribution >= 4 is 28.0 Å². The Hall–Kier alpha value is -3.74. The Morgan fingerprint density at radius 2 is 1.87 bits per heavy atom. The number of aromatic nitrogens is 4. The van der Waals surface area contributed by atoms with E-state index in [-0.39, 0.29) is 5.78 Å². The van der Waals surface area contributed by atoms with Gasteiger partial charge in [-0.1, -0.05) is 29.8 Å². The summed E-state index contributed by atoms with van der Waals surface area (Å²) in [4.78, 5) is 16.7. The molecule has 30 heavy (non-hydrogen) atoms. The molecule has 7 heteroatoms. The quantitative estimate of drug-likeness (QED) is 0.515. The van der Waals surface area contributed by atoms with Crippen LogP contribution in [0.1, 0.15) is 36.4 Å². The lowest BCUT2D eigenvalue weighted by atomic mass is 9.98. The second kappa shape index (κ2) is 7.59. The number of nitrogens with zero attached hydrogens (tertiary/aromatic N) is 4. The molecule has 2 aromatic carbocycles. The van der Waals surface area contributed by atoms with E-state index in [1.54, 1.807) is 20.2 Å². The van der Waals surface area contributed by atoms with E-state index in [9.17, 15) is 4.79 Å². The smallest absolute Gasteiger partial charge is 0.179 e. The van der Waals surface area contributed by atoms with Crippen LogP contribution in [0.15, 0.2) is 48.3 Å². The molecule has 0 amide bonds. The predicted octanol–water partition coefficient (Wildman–Crippen LogP) is 3.46. The van der Waals surface area contributed by atoms with Gasteiger partial charge in [-0.2, -0.15) is 0 Å². The molecule has 0 atom stereocenters. The molecular weight excluding hydrogens is 378 g/mol. The third-order valence-corrected chi connectivity index (χ3v) is 5.11. The predicted molar refractivity (Wildman–Crippen MR) is 116 cm³/mol. The van der Waals surface area contributed by atoms with E-state index in [1.807, 2.05) is 16.5 Å². The molecule has 152 valence electrons. The van der Waals surface area contributed by atoms with Gasteiger partial charge in [0, 0.05) is 29.3 Å². The Morgan fingerprint density at radius 3 is 2.50 bits per heavy atom. The van der Waals surface area contributed by atoms with E-state index in [0.29, 0.717) is 40.2 Å². The zero-order valence-corrected chi connectivity index (χ0v) is 17.4. The molecule has 0 unspecified atom stereocenters. The van der Waals surface area contributed by atoms with E-state index in [1.165, 1.54) is 12.5 Å². The number of allylic oxidation sites excluding steroid dienone is 2. The molecule has 0 aliphatic rings. The van der Waals surface area contributed by atoms with Crippen molar-refractivity contribution in [2.45, 2.75) is 27.2 Å². The van der Waals surface area contributed by atoms with Crippen LogP contribution in [0.25, 0.3) is 22.3 Å². The summed E-state index contributed by atoms with van der Waals surface area (Å²) in [5, 5.41) is 8.66. The lowest BCUT2D eigenvalue weighted by molar-refractivity contribution is -0.111. The van der Waals surface area contributed by atoms with Crippen LogP contribution in [0.5, 0.6) is 5.75 Å². The summed E-state index contributed by atoms with van der Waals surface area (Å²) < 4.78 is 7.58. The first kappa shape index (κ1) is 19.6. The van der Waals surface area contributed by atoms with Gasteiger partial charge >= 0.3 is 0 Å². The number of hydrogen-bond donors (Lipinski definition) is 1. The van der Waals surface area contributed by atoms with Gasteiger partial charge in [-0.15, -0.1) is 10.2 Å². The molecule has 2 N–H and O–H groups in total. The molecule has 0 aliphatic carbocycles. The molecule has 0 radical (unpaired) electrons. The van der Waals surface area contributed by atoms with E-state index >= 15 is 0 Å². The van der Waals surface area contributed by atoms with Gasteiger partial charge in [0.05, 0.1) is 24.3 Å². The monoisotopic (exact) mass is 401 g/mol. The first-order chi connectivity index (χ1) is 14.4. The summed E-state index contributed by atoms with van der Waals surface area (Å²) in [5.74, 6) is 1.22. The van der Waals surface area contributed by atoms with Gasteiger partial charge in [0.1, 0.15) is 11.6 Å². The normalized spacial score (nSPS) is 12.3. The minimum atomic E-state index is -0.127. The molecule has 0 saturated heterocycles. The van der Waals surface area contributed by atoms with Crippen LogP contribution in [0.3, 0.4) is 0 Å². The number of carbonyl (C=O) groups is 1. The summed E-state index contributed by atoms with van der Waals surface area (Å²) >= 11 is 0. The highest BCUT2D eigenvalue weighted by molar-refractivity contribution is 6.21. The highest BCUT2D eigenvalue weighted by atomic mass is 16.5. The molecular formula is C23H23N5O2. The molecule has 0 bridgehead atoms. The number of ketones is 1. The average Bonchev–Trinajstić information content (AvgIpc) is 3.12. The fourth-order valence-electron chi connectivity index (χ4n) is 3.69. The number of nitrogens with two attached hydrogens (primary N) is 1. The SMILES string of the molecule is COc1cc2c(cc1C(C(C)=O)=C(C)N)ncc1nnc(Cc3ccc(C)cc3)n12. The van der Waals surface area contributed by atoms with Crippen LogP contribution < -0.4 is 10.5 Å². The first-order valence-electron chi connectivity index (χ1n) is 9.63. The maximum absolute atomic E-state index is 12.2. The van der Waals surface area contributed by atoms with Crippen molar-refractivity contribution in [2.24, 2.45) is 5.73 Å². The summed E-state index contributed by atoms with van der Waals surface area (Å²) in [6.45, 7) is 5.26. The number of hydrogen-bond acceptors (Lipinski definition) is 6. The molecule has 2 heterocycles. The minimum absolute atomic E-state index is 0.127. The van der Waals surface area contributed by atoms with E-state index < -0.39 is 0 Å². The van der Waals surface area contributed by atoms with Crippen LogP contribution in [-0.2, 0) is 11.2 Å². The van der Waals surface area contributed by atoms with Crippen LogP contribution >= 0.6 is 0 Å². The van der Waals surface area contributed by atoms with Gasteiger partial charge < -0.3 is 10.5 Å². The summed E-state index contributed by atoms with van der Waals surface area (Å²) in [6, 6.07) is 12.0. The number of benzene rings is 2. The molecule has 4 aromatic rings. The van der Waals surface area contributed by atoms with Gasteiger partial charge in [-0.05, 0) is 32.4 Å². The Kier molecular flexibility index (Phi) is 4.95. The summed E-state index contributed by atoms with van der Waals surface area (Å²) in [6.07, 6.45) is 2.31. The average molecular weight is 401 g/mol. The van der Waals surface area contributed by atoms with Crippen LogP contribution in [0, 0.1) is 6.92 Å². The fourth-order valence-corrected chi connectivity index (χ4v) is 3.69. The minimum Gasteiger partial charge on any atom is -0.496 e. The van der Waals surface area contributed by atoms with Gasteiger partial charge in [0.15, 0.2) is 11.4 Å². The zero-order valence-electron chi connectivity index (χ0n) is 17.4. The largest absolute Gasteiger partial charge is 0.496 e. The number of ether oxygens (including phenoxy) is 1. The van der Waals surface area contributed by atoms with Crippen LogP contribution in [0.4, 0.5) is 0 Å². The molecule has 0 fully saturated rings. The van der Waals surface area contributed by atoms with Crippen molar-refractivity contribution in [1.29, 1.82) is 0 Å². The third kappa shape index (κ3) is 3.39. The van der Waals surface area contributed by atoms with E-state index in [0.717, 1.165) is 16.9 Å². The van der Waals surface area contributed by atoms with Gasteiger partial charge in [0.25, 0.3) is 0 Å². The van der Waals surface area contributed by atoms with Crippen molar-refractivity contribution < 1.29 is 9.53 Å². The second-order valence-electron chi connectivity index (χ2n) is 7.39. The van der Waals surface area contributed by atoms with Crippen molar-refractivity contribution in [3.8, 4) is 5.75 Å². The molecule has 0 aliphatic heterocycles. The Morgan fingerprint density at radius 1 is 1.13 bits per heavy atom. The van der Waals surface area contributed by atoms with Crippen molar-refractivity contribution in [2.75, 3.05) is 7.11 Å². The lowest BCUT2D eigenvalue weighted by Crippen LogP contribution is -2.07. The van der Waals surface area contributed by atoms with Crippen molar-refractivity contribution in [3.05, 3.63) is 70.8 Å². The van der Waals surface area contributed by atoms with Crippen molar-refractivity contribution in [3.63, 3.8) is 0 Å². The standard InChI is InChI=1S/C23H23N5O2/c1-13-5-7-16(8-6-13)9-21-26-27-22-12-25-18-10-17(23(14(2)24)15(3)29)20(30-4)11-19(18)28(21)22/h5-8,10-12H,9,24H2,1-4H3. The van der Waals surface area contributed by atoms with Crippen LogP contribution in [0.2, 0.25) is 0 Å². The summed E-state index contributed by atoms with van der Waals surface area (Å²) in [5.41, 5.74) is 12.0. The highest BCUT2D eigenvalue weighted by Crippen LogP contribution is 2.32. The Bertz CT molecular complexity index is 1300. The maximum Gasteiger partial charge on any atom is 0.179 e. The topological polar surface area (TPSA) is 95.4 Å². The molecule has 2 aromatic heterocycles. The van der Waals surface area contributed by atoms with E-state index in [4.69, 9.17) is 10.5 Å². The number of rotatable bonds is 5. The van der Waals surface area contributed by atoms with Gasteiger partial charge in [-0.3, -0.25) is 14.2 Å². The van der Waals surface area contributed by atoms with Gasteiger partial charge in [0.2, 0.25) is 0 Å². The highest BCUT2D eigenvalue weighted by Gasteiger charge is 2.19.